The van der Waals surface area contributed by atoms with Crippen LogP contribution in [0.15, 0.2) is 24.4 Å². The van der Waals surface area contributed by atoms with Gasteiger partial charge in [0, 0.05) is 13.6 Å². The number of carbonyl (C=O) groups is 2. The van der Waals surface area contributed by atoms with Gasteiger partial charge in [-0.15, -0.1) is 0 Å². The number of halogens is 2. The lowest BCUT2D eigenvalue weighted by Crippen LogP contribution is -2.44. The zero-order valence-corrected chi connectivity index (χ0v) is 19.4. The Morgan fingerprint density at radius 2 is 2.06 bits per heavy atom. The second-order valence-electron chi connectivity index (χ2n) is 8.92. The molecule has 0 unspecified atom stereocenters. The molecule has 2 aliphatic rings. The van der Waals surface area contributed by atoms with Crippen LogP contribution in [0.2, 0.25) is 5.02 Å². The SMILES string of the molecule is CC(C)OCC1(N(C)C(=O)c2cnn3c2CN(C(=O)Cc2ccc(F)c(Cl)c2)CC3)CC1. The van der Waals surface area contributed by atoms with Crippen molar-refractivity contribution >= 4 is 23.4 Å². The van der Waals surface area contributed by atoms with E-state index in [0.29, 0.717) is 37.4 Å². The highest BCUT2D eigenvalue weighted by Crippen LogP contribution is 2.42. The number of hydrogen-bond acceptors (Lipinski definition) is 4. The van der Waals surface area contributed by atoms with Gasteiger partial charge in [0.1, 0.15) is 5.82 Å². The topological polar surface area (TPSA) is 67.7 Å². The first kappa shape index (κ1) is 22.7. The van der Waals surface area contributed by atoms with Crippen molar-refractivity contribution in [2.24, 2.45) is 0 Å². The molecule has 1 aromatic heterocycles. The average molecular weight is 463 g/mol. The van der Waals surface area contributed by atoms with Crippen molar-refractivity contribution in [1.82, 2.24) is 19.6 Å². The Bertz CT molecular complexity index is 1030. The number of fused-ring (bicyclic) bond motifs is 1. The summed E-state index contributed by atoms with van der Waals surface area (Å²) in [5, 5.41) is 4.38. The predicted molar refractivity (Wildman–Crippen MR) is 118 cm³/mol. The standard InChI is InChI=1S/C23H28ClFN4O3/c1-15(2)32-14-23(6-7-23)27(3)22(31)17-12-26-29-9-8-28(13-20(17)29)21(30)11-16-4-5-19(25)18(24)10-16/h4-5,10,12,15H,6-9,11,13-14H2,1-3H3. The molecule has 1 aliphatic carbocycles. The van der Waals surface area contributed by atoms with Crippen LogP contribution in [-0.4, -0.2) is 63.2 Å². The van der Waals surface area contributed by atoms with Crippen molar-refractivity contribution in [2.75, 3.05) is 20.2 Å². The molecule has 0 radical (unpaired) electrons. The van der Waals surface area contributed by atoms with Crippen LogP contribution in [0.5, 0.6) is 0 Å². The largest absolute Gasteiger partial charge is 0.376 e. The number of ether oxygens (including phenoxy) is 1. The van der Waals surface area contributed by atoms with Crippen LogP contribution >= 0.6 is 11.6 Å². The molecular formula is C23H28ClFN4O3. The fraction of sp³-hybridized carbons (Fsp3) is 0.522. The molecule has 32 heavy (non-hydrogen) atoms. The van der Waals surface area contributed by atoms with Gasteiger partial charge in [-0.05, 0) is 44.4 Å². The van der Waals surface area contributed by atoms with Gasteiger partial charge in [0.15, 0.2) is 0 Å². The number of benzene rings is 1. The monoisotopic (exact) mass is 462 g/mol. The fourth-order valence-electron chi connectivity index (χ4n) is 4.01. The highest BCUT2D eigenvalue weighted by atomic mass is 35.5. The Balaban J connectivity index is 1.46. The molecule has 0 bridgehead atoms. The average Bonchev–Trinajstić information content (AvgIpc) is 3.45. The first-order chi connectivity index (χ1) is 15.2. The summed E-state index contributed by atoms with van der Waals surface area (Å²) in [6.45, 7) is 5.80. The van der Waals surface area contributed by atoms with Gasteiger partial charge in [-0.3, -0.25) is 14.3 Å². The Kier molecular flexibility index (Phi) is 6.27. The van der Waals surface area contributed by atoms with Gasteiger partial charge in [0.2, 0.25) is 5.91 Å². The molecule has 1 fully saturated rings. The number of hydrogen-bond donors (Lipinski definition) is 0. The molecule has 172 valence electrons. The van der Waals surface area contributed by atoms with Gasteiger partial charge >= 0.3 is 0 Å². The molecule has 0 saturated heterocycles. The third-order valence-corrected chi connectivity index (χ3v) is 6.61. The molecule has 9 heteroatoms. The summed E-state index contributed by atoms with van der Waals surface area (Å²) < 4.78 is 21.0. The molecule has 2 heterocycles. The Morgan fingerprint density at radius 1 is 1.31 bits per heavy atom. The minimum atomic E-state index is -0.510. The lowest BCUT2D eigenvalue weighted by molar-refractivity contribution is -0.132. The molecule has 0 spiro atoms. The van der Waals surface area contributed by atoms with Gasteiger partial charge in [-0.2, -0.15) is 5.10 Å². The zero-order valence-electron chi connectivity index (χ0n) is 18.6. The molecular weight excluding hydrogens is 435 g/mol. The van der Waals surface area contributed by atoms with E-state index in [1.165, 1.54) is 12.1 Å². The normalized spacial score (nSPS) is 16.8. The van der Waals surface area contributed by atoms with E-state index in [9.17, 15) is 14.0 Å². The number of nitrogens with zero attached hydrogens (tertiary/aromatic N) is 4. The summed E-state index contributed by atoms with van der Waals surface area (Å²) in [5.41, 5.74) is 1.64. The van der Waals surface area contributed by atoms with Crippen molar-refractivity contribution in [1.29, 1.82) is 0 Å². The third kappa shape index (κ3) is 4.52. The van der Waals surface area contributed by atoms with Gasteiger partial charge in [-0.25, -0.2) is 4.39 Å². The van der Waals surface area contributed by atoms with E-state index in [0.717, 1.165) is 18.5 Å². The van der Waals surface area contributed by atoms with Crippen LogP contribution in [-0.2, 0) is 29.0 Å². The highest BCUT2D eigenvalue weighted by molar-refractivity contribution is 6.30. The van der Waals surface area contributed by atoms with E-state index >= 15 is 0 Å². The van der Waals surface area contributed by atoms with E-state index in [2.05, 4.69) is 5.10 Å². The minimum absolute atomic E-state index is 0.00149. The van der Waals surface area contributed by atoms with Gasteiger partial charge < -0.3 is 14.5 Å². The summed E-state index contributed by atoms with van der Waals surface area (Å²) in [7, 11) is 1.81. The maximum absolute atomic E-state index is 13.4. The lowest BCUT2D eigenvalue weighted by Gasteiger charge is -2.31. The molecule has 1 aromatic carbocycles. The van der Waals surface area contributed by atoms with E-state index in [4.69, 9.17) is 16.3 Å². The van der Waals surface area contributed by atoms with Crippen LogP contribution in [0.3, 0.4) is 0 Å². The summed E-state index contributed by atoms with van der Waals surface area (Å²) in [6.07, 6.45) is 3.65. The molecule has 2 amide bonds. The minimum Gasteiger partial charge on any atom is -0.376 e. The molecule has 4 rings (SSSR count). The highest BCUT2D eigenvalue weighted by Gasteiger charge is 2.49. The number of likely N-dealkylation sites (N-methyl/N-ethyl adjacent to an activating group) is 1. The van der Waals surface area contributed by atoms with Crippen LogP contribution in [0, 0.1) is 5.82 Å². The first-order valence-electron chi connectivity index (χ1n) is 10.9. The van der Waals surface area contributed by atoms with Crippen LogP contribution in [0.4, 0.5) is 4.39 Å². The maximum atomic E-state index is 13.4. The summed E-state index contributed by atoms with van der Waals surface area (Å²) in [5.74, 6) is -0.712. The number of aromatic nitrogens is 2. The zero-order chi connectivity index (χ0) is 23.0. The van der Waals surface area contributed by atoms with Gasteiger partial charge in [0.05, 0.1) is 60.2 Å². The van der Waals surface area contributed by atoms with E-state index in [1.807, 2.05) is 20.9 Å². The van der Waals surface area contributed by atoms with Gasteiger partial charge in [-0.1, -0.05) is 17.7 Å². The van der Waals surface area contributed by atoms with Crippen LogP contribution in [0.1, 0.15) is 48.3 Å². The van der Waals surface area contributed by atoms with Crippen molar-refractivity contribution in [3.8, 4) is 0 Å². The van der Waals surface area contributed by atoms with E-state index < -0.39 is 5.82 Å². The Hall–Kier alpha value is -2.45. The lowest BCUT2D eigenvalue weighted by atomic mass is 10.1. The second-order valence-corrected chi connectivity index (χ2v) is 9.32. The van der Waals surface area contributed by atoms with E-state index in [-0.39, 0.29) is 34.9 Å². The van der Waals surface area contributed by atoms with Gasteiger partial charge in [0.25, 0.3) is 5.91 Å². The summed E-state index contributed by atoms with van der Waals surface area (Å²) in [4.78, 5) is 29.7. The number of amides is 2. The van der Waals surface area contributed by atoms with Crippen molar-refractivity contribution in [3.05, 3.63) is 52.1 Å². The fourth-order valence-corrected chi connectivity index (χ4v) is 4.21. The summed E-state index contributed by atoms with van der Waals surface area (Å²) in [6, 6.07) is 4.30. The second kappa shape index (κ2) is 8.83. The predicted octanol–water partition coefficient (Wildman–Crippen LogP) is 3.29. The third-order valence-electron chi connectivity index (χ3n) is 6.32. The quantitative estimate of drug-likeness (QED) is 0.633. The molecule has 0 N–H and O–H groups in total. The van der Waals surface area contributed by atoms with Crippen LogP contribution < -0.4 is 0 Å². The smallest absolute Gasteiger partial charge is 0.257 e. The molecule has 0 atom stereocenters. The summed E-state index contributed by atoms with van der Waals surface area (Å²) >= 11 is 5.84. The molecule has 7 nitrogen and oxygen atoms in total. The number of rotatable bonds is 7. The van der Waals surface area contributed by atoms with Crippen molar-refractivity contribution < 1.29 is 18.7 Å². The first-order valence-corrected chi connectivity index (χ1v) is 11.2. The molecule has 2 aromatic rings. The van der Waals surface area contributed by atoms with Crippen LogP contribution in [0.25, 0.3) is 0 Å². The molecule has 1 aliphatic heterocycles. The van der Waals surface area contributed by atoms with Crippen molar-refractivity contribution in [2.45, 2.75) is 57.8 Å². The number of carbonyl (C=O) groups excluding carboxylic acids is 2. The van der Waals surface area contributed by atoms with E-state index in [1.54, 1.807) is 26.7 Å². The Labute approximate surface area is 192 Å². The Morgan fingerprint density at radius 3 is 2.72 bits per heavy atom. The maximum Gasteiger partial charge on any atom is 0.257 e. The van der Waals surface area contributed by atoms with Crippen molar-refractivity contribution in [3.63, 3.8) is 0 Å². The molecule has 1 saturated carbocycles.